The zero-order chi connectivity index (χ0) is 20.5. The first-order valence-electron chi connectivity index (χ1n) is 9.63. The van der Waals surface area contributed by atoms with Gasteiger partial charge >= 0.3 is 0 Å². The number of anilines is 1. The van der Waals surface area contributed by atoms with Gasteiger partial charge in [0.15, 0.2) is 0 Å². The third-order valence-electron chi connectivity index (χ3n) is 5.23. The van der Waals surface area contributed by atoms with Gasteiger partial charge in [-0.15, -0.1) is 0 Å². The fourth-order valence-corrected chi connectivity index (χ4v) is 4.03. The third-order valence-corrected chi connectivity index (χ3v) is 5.23. The van der Waals surface area contributed by atoms with Gasteiger partial charge in [-0.2, -0.15) is 0 Å². The van der Waals surface area contributed by atoms with E-state index >= 15 is 0 Å². The predicted octanol–water partition coefficient (Wildman–Crippen LogP) is 3.72. The lowest BCUT2D eigenvalue weighted by atomic mass is 9.87. The minimum absolute atomic E-state index is 0.114. The van der Waals surface area contributed by atoms with Gasteiger partial charge in [0.05, 0.1) is 23.0 Å². The van der Waals surface area contributed by atoms with Crippen LogP contribution in [0, 0.1) is 12.7 Å². The second-order valence-corrected chi connectivity index (χ2v) is 7.18. The van der Waals surface area contributed by atoms with E-state index in [9.17, 15) is 9.18 Å². The summed E-state index contributed by atoms with van der Waals surface area (Å²) in [5.41, 5.74) is 9.97. The van der Waals surface area contributed by atoms with E-state index in [1.54, 1.807) is 25.4 Å². The number of carbonyl (C=O) groups is 1. The van der Waals surface area contributed by atoms with Crippen LogP contribution >= 0.6 is 0 Å². The number of fused-ring (bicyclic) bond motifs is 1. The molecule has 2 N–H and O–H groups in total. The molecule has 1 aromatic carbocycles. The van der Waals surface area contributed by atoms with Crippen LogP contribution in [0.1, 0.15) is 46.7 Å². The fourth-order valence-electron chi connectivity index (χ4n) is 4.03. The van der Waals surface area contributed by atoms with Gasteiger partial charge in [-0.05, 0) is 42.7 Å². The molecule has 0 aliphatic carbocycles. The predicted molar refractivity (Wildman–Crippen MR) is 109 cm³/mol. The number of halogens is 1. The molecule has 1 amide bonds. The maximum Gasteiger partial charge on any atom is 0.258 e. The molecule has 0 saturated heterocycles. The van der Waals surface area contributed by atoms with E-state index in [1.807, 2.05) is 24.0 Å². The van der Waals surface area contributed by atoms with Crippen LogP contribution in [0.3, 0.4) is 0 Å². The summed E-state index contributed by atoms with van der Waals surface area (Å²) < 4.78 is 14.1. The Kier molecular flexibility index (Phi) is 4.96. The van der Waals surface area contributed by atoms with Gasteiger partial charge in [0.25, 0.3) is 5.91 Å². The summed E-state index contributed by atoms with van der Waals surface area (Å²) in [4.78, 5) is 27.9. The van der Waals surface area contributed by atoms with Crippen molar-refractivity contribution in [3.05, 3.63) is 71.1 Å². The lowest BCUT2D eigenvalue weighted by molar-refractivity contribution is 0.0643. The minimum atomic E-state index is -0.334. The van der Waals surface area contributed by atoms with E-state index in [0.29, 0.717) is 29.9 Å². The Morgan fingerprint density at radius 2 is 2.10 bits per heavy atom. The topological polar surface area (TPSA) is 85.0 Å². The summed E-state index contributed by atoms with van der Waals surface area (Å²) in [7, 11) is 0. The van der Waals surface area contributed by atoms with Gasteiger partial charge in [-0.25, -0.2) is 14.4 Å². The summed E-state index contributed by atoms with van der Waals surface area (Å²) in [6.07, 6.45) is 4.67. The maximum absolute atomic E-state index is 14.1. The monoisotopic (exact) mass is 391 g/mol. The number of aromatic nitrogens is 3. The molecule has 0 fully saturated rings. The second-order valence-electron chi connectivity index (χ2n) is 7.18. The van der Waals surface area contributed by atoms with Crippen molar-refractivity contribution < 1.29 is 9.18 Å². The van der Waals surface area contributed by atoms with Gasteiger partial charge in [-0.1, -0.05) is 19.1 Å². The molecule has 0 saturated carbocycles. The molecular weight excluding hydrogens is 369 g/mol. The number of amides is 1. The van der Waals surface area contributed by atoms with Crippen molar-refractivity contribution in [2.24, 2.45) is 0 Å². The fraction of sp³-hybridized carbons (Fsp3) is 0.273. The van der Waals surface area contributed by atoms with Gasteiger partial charge in [-0.3, -0.25) is 9.78 Å². The Balaban J connectivity index is 1.89. The van der Waals surface area contributed by atoms with Crippen molar-refractivity contribution in [1.29, 1.82) is 0 Å². The van der Waals surface area contributed by atoms with Crippen molar-refractivity contribution in [1.82, 2.24) is 19.9 Å². The first-order chi connectivity index (χ1) is 14.0. The highest BCUT2D eigenvalue weighted by atomic mass is 19.1. The van der Waals surface area contributed by atoms with Crippen LogP contribution in [0.5, 0.6) is 0 Å². The number of nitrogens with two attached hydrogens (primary N) is 1. The van der Waals surface area contributed by atoms with E-state index in [-0.39, 0.29) is 23.7 Å². The zero-order valence-electron chi connectivity index (χ0n) is 16.4. The molecule has 7 heteroatoms. The highest BCUT2D eigenvalue weighted by Gasteiger charge is 2.36. The normalized spacial score (nSPS) is 16.0. The number of hydrogen-bond donors (Lipinski definition) is 1. The van der Waals surface area contributed by atoms with Crippen LogP contribution in [0.2, 0.25) is 0 Å². The second kappa shape index (κ2) is 7.58. The molecule has 4 rings (SSSR count). The SMILES string of the molecule is CCCN1C(=O)c2c(C)nc(N)nc2CC1c1ccc(F)cc1-c1cccnc1. The average molecular weight is 391 g/mol. The van der Waals surface area contributed by atoms with Crippen molar-refractivity contribution >= 4 is 11.9 Å². The molecule has 1 unspecified atom stereocenters. The van der Waals surface area contributed by atoms with Gasteiger partial charge < -0.3 is 10.6 Å². The van der Waals surface area contributed by atoms with Crippen molar-refractivity contribution in [2.75, 3.05) is 12.3 Å². The van der Waals surface area contributed by atoms with Crippen LogP contribution in [0.25, 0.3) is 11.1 Å². The molecule has 6 nitrogen and oxygen atoms in total. The first kappa shape index (κ1) is 19.0. The summed E-state index contributed by atoms with van der Waals surface area (Å²) >= 11 is 0. The highest BCUT2D eigenvalue weighted by molar-refractivity contribution is 5.98. The molecule has 148 valence electrons. The molecule has 1 aliphatic heterocycles. The molecule has 0 bridgehead atoms. The van der Waals surface area contributed by atoms with E-state index in [2.05, 4.69) is 15.0 Å². The largest absolute Gasteiger partial charge is 0.368 e. The Morgan fingerprint density at radius 3 is 2.83 bits per heavy atom. The van der Waals surface area contributed by atoms with Crippen LogP contribution < -0.4 is 5.73 Å². The molecular formula is C22H22FN5O. The summed E-state index contributed by atoms with van der Waals surface area (Å²) in [5.74, 6) is -0.292. The standard InChI is InChI=1S/C22H22FN5O/c1-3-9-28-19(11-18-20(21(28)29)13(2)26-22(24)27-18)16-7-6-15(23)10-17(16)14-5-4-8-25-12-14/h4-8,10,12,19H,3,9,11H2,1-2H3,(H2,24,26,27). The summed E-state index contributed by atoms with van der Waals surface area (Å²) in [6.45, 7) is 4.38. The lowest BCUT2D eigenvalue weighted by Crippen LogP contribution is -2.42. The minimum Gasteiger partial charge on any atom is -0.368 e. The van der Waals surface area contributed by atoms with E-state index in [0.717, 1.165) is 23.1 Å². The van der Waals surface area contributed by atoms with E-state index < -0.39 is 0 Å². The van der Waals surface area contributed by atoms with Gasteiger partial charge in [0.2, 0.25) is 5.95 Å². The smallest absolute Gasteiger partial charge is 0.258 e. The summed E-state index contributed by atoms with van der Waals surface area (Å²) in [5, 5.41) is 0. The molecule has 0 radical (unpaired) electrons. The number of aryl methyl sites for hydroxylation is 1. The van der Waals surface area contributed by atoms with E-state index in [4.69, 9.17) is 5.73 Å². The average Bonchev–Trinajstić information content (AvgIpc) is 2.70. The molecule has 1 atom stereocenters. The number of benzene rings is 1. The Hall–Kier alpha value is -3.35. The Morgan fingerprint density at radius 1 is 1.28 bits per heavy atom. The zero-order valence-corrected chi connectivity index (χ0v) is 16.4. The molecule has 1 aliphatic rings. The Labute approximate surface area is 168 Å². The van der Waals surface area contributed by atoms with E-state index in [1.165, 1.54) is 12.1 Å². The third kappa shape index (κ3) is 3.44. The summed E-state index contributed by atoms with van der Waals surface area (Å²) in [6, 6.07) is 8.10. The highest BCUT2D eigenvalue weighted by Crippen LogP contribution is 2.38. The van der Waals surface area contributed by atoms with Crippen molar-refractivity contribution in [2.45, 2.75) is 32.7 Å². The van der Waals surface area contributed by atoms with Crippen LogP contribution in [0.15, 0.2) is 42.7 Å². The number of hydrogen-bond acceptors (Lipinski definition) is 5. The molecule has 29 heavy (non-hydrogen) atoms. The van der Waals surface area contributed by atoms with Gasteiger partial charge in [0, 0.05) is 30.9 Å². The number of nitrogen functional groups attached to an aromatic ring is 1. The maximum atomic E-state index is 14.1. The first-order valence-corrected chi connectivity index (χ1v) is 9.63. The molecule has 0 spiro atoms. The number of pyridine rings is 1. The molecule has 3 aromatic rings. The van der Waals surface area contributed by atoms with Crippen molar-refractivity contribution in [3.63, 3.8) is 0 Å². The number of carbonyl (C=O) groups excluding carboxylic acids is 1. The number of rotatable bonds is 4. The molecule has 2 aromatic heterocycles. The van der Waals surface area contributed by atoms with Crippen LogP contribution in [-0.4, -0.2) is 32.3 Å². The van der Waals surface area contributed by atoms with Crippen LogP contribution in [0.4, 0.5) is 10.3 Å². The lowest BCUT2D eigenvalue weighted by Gasteiger charge is -2.37. The van der Waals surface area contributed by atoms with Gasteiger partial charge in [0.1, 0.15) is 5.82 Å². The van der Waals surface area contributed by atoms with Crippen LogP contribution in [-0.2, 0) is 6.42 Å². The quantitative estimate of drug-likeness (QED) is 0.733. The molecule has 3 heterocycles. The Bertz CT molecular complexity index is 1070. The number of nitrogens with zero attached hydrogens (tertiary/aromatic N) is 4. The van der Waals surface area contributed by atoms with Crippen molar-refractivity contribution in [3.8, 4) is 11.1 Å².